The molecule has 116 valence electrons. The van der Waals surface area contributed by atoms with Crippen molar-refractivity contribution in [2.24, 2.45) is 0 Å². The molecule has 1 amide bonds. The molecule has 1 N–H and O–H groups in total. The van der Waals surface area contributed by atoms with Crippen LogP contribution in [0, 0.1) is 0 Å². The third kappa shape index (κ3) is 3.08. The van der Waals surface area contributed by atoms with Crippen LogP contribution < -0.4 is 10.2 Å². The van der Waals surface area contributed by atoms with Crippen molar-refractivity contribution in [2.45, 2.75) is 32.6 Å². The average Bonchev–Trinajstić information content (AvgIpc) is 3.20. The molecule has 3 rings (SSSR count). The van der Waals surface area contributed by atoms with Gasteiger partial charge in [0, 0.05) is 24.8 Å². The first-order valence-corrected chi connectivity index (χ1v) is 7.49. The van der Waals surface area contributed by atoms with E-state index in [1.807, 2.05) is 0 Å². The van der Waals surface area contributed by atoms with Crippen molar-refractivity contribution in [3.05, 3.63) is 29.8 Å². The molecule has 1 fully saturated rings. The number of aromatic nitrogens is 3. The number of anilines is 2. The van der Waals surface area contributed by atoms with Gasteiger partial charge in [-0.2, -0.15) is 0 Å². The molecule has 2 aromatic rings. The molecule has 7 nitrogen and oxygen atoms in total. The monoisotopic (exact) mass is 301 g/mol. The number of rotatable bonds is 4. The number of nitrogens with one attached hydrogen (secondary N) is 1. The Morgan fingerprint density at radius 1 is 1.32 bits per heavy atom. The highest BCUT2D eigenvalue weighted by Gasteiger charge is 2.20. The molecule has 0 unspecified atom stereocenters. The zero-order valence-corrected chi connectivity index (χ0v) is 12.7. The summed E-state index contributed by atoms with van der Waals surface area (Å²) in [6.45, 7) is 5.97. The predicted octanol–water partition coefficient (Wildman–Crippen LogP) is 2.44. The molecule has 1 saturated heterocycles. The third-order valence-electron chi connectivity index (χ3n) is 3.63. The summed E-state index contributed by atoms with van der Waals surface area (Å²) in [6, 6.07) is 3.32. The Balaban J connectivity index is 1.89. The first-order chi connectivity index (χ1) is 10.6. The van der Waals surface area contributed by atoms with Crippen LogP contribution >= 0.6 is 0 Å². The Morgan fingerprint density at radius 2 is 2.09 bits per heavy atom. The zero-order chi connectivity index (χ0) is 15.5. The number of carbonyl (C=O) groups is 1. The van der Waals surface area contributed by atoms with Crippen molar-refractivity contribution < 1.29 is 9.32 Å². The average molecular weight is 301 g/mol. The van der Waals surface area contributed by atoms with Gasteiger partial charge in [0.25, 0.3) is 5.91 Å². The summed E-state index contributed by atoms with van der Waals surface area (Å²) < 4.78 is 4.71. The lowest BCUT2D eigenvalue weighted by molar-refractivity contribution is 0.102. The topological polar surface area (TPSA) is 84.2 Å². The number of hydrogen-bond donors (Lipinski definition) is 1. The molecule has 1 aliphatic rings. The van der Waals surface area contributed by atoms with Crippen LogP contribution in [-0.2, 0) is 0 Å². The van der Waals surface area contributed by atoms with Crippen LogP contribution in [0.25, 0.3) is 0 Å². The molecule has 0 bridgehead atoms. The van der Waals surface area contributed by atoms with Crippen LogP contribution in [0.15, 0.2) is 22.9 Å². The van der Waals surface area contributed by atoms with Gasteiger partial charge >= 0.3 is 0 Å². The quantitative estimate of drug-likeness (QED) is 0.933. The lowest BCUT2D eigenvalue weighted by Crippen LogP contribution is -2.24. The van der Waals surface area contributed by atoms with Crippen LogP contribution in [0.1, 0.15) is 48.8 Å². The van der Waals surface area contributed by atoms with Crippen molar-refractivity contribution in [3.8, 4) is 0 Å². The van der Waals surface area contributed by atoms with Crippen molar-refractivity contribution >= 4 is 17.7 Å². The van der Waals surface area contributed by atoms with E-state index in [0.717, 1.165) is 31.6 Å². The number of carbonyl (C=O) groups excluding carboxylic acids is 1. The van der Waals surface area contributed by atoms with Gasteiger partial charge in [0.05, 0.1) is 0 Å². The second-order valence-electron chi connectivity index (χ2n) is 5.67. The molecule has 0 radical (unpaired) electrons. The maximum atomic E-state index is 12.4. The fourth-order valence-electron chi connectivity index (χ4n) is 2.38. The maximum absolute atomic E-state index is 12.4. The van der Waals surface area contributed by atoms with E-state index in [-0.39, 0.29) is 11.8 Å². The van der Waals surface area contributed by atoms with Gasteiger partial charge < -0.3 is 14.7 Å². The molecule has 2 aromatic heterocycles. The van der Waals surface area contributed by atoms with E-state index in [2.05, 4.69) is 39.2 Å². The Hall–Kier alpha value is -2.44. The third-order valence-corrected chi connectivity index (χ3v) is 3.63. The van der Waals surface area contributed by atoms with E-state index >= 15 is 0 Å². The molecule has 3 heterocycles. The molecule has 0 saturated carbocycles. The van der Waals surface area contributed by atoms with Gasteiger partial charge in [-0.15, -0.1) is 0 Å². The standard InChI is InChI=1S/C15H19N5O2/c1-10(2)11-9-12(14(21)18-13-5-8-22-19-13)17-15(16-11)20-6-3-4-7-20/h5,8-10H,3-4,6-7H2,1-2H3,(H,18,19,21). The van der Waals surface area contributed by atoms with Crippen LogP contribution in [-0.4, -0.2) is 34.1 Å². The summed E-state index contributed by atoms with van der Waals surface area (Å²) in [6.07, 6.45) is 3.68. The normalized spacial score (nSPS) is 14.6. The van der Waals surface area contributed by atoms with E-state index in [1.165, 1.54) is 6.26 Å². The predicted molar refractivity (Wildman–Crippen MR) is 82.0 cm³/mol. The molecule has 0 aliphatic carbocycles. The van der Waals surface area contributed by atoms with Gasteiger partial charge in [0.2, 0.25) is 5.95 Å². The van der Waals surface area contributed by atoms with E-state index < -0.39 is 0 Å². The fraction of sp³-hybridized carbons (Fsp3) is 0.467. The van der Waals surface area contributed by atoms with Crippen LogP contribution in [0.2, 0.25) is 0 Å². The van der Waals surface area contributed by atoms with Crippen LogP contribution in [0.3, 0.4) is 0 Å². The lowest BCUT2D eigenvalue weighted by atomic mass is 10.1. The van der Waals surface area contributed by atoms with Gasteiger partial charge in [-0.3, -0.25) is 4.79 Å². The lowest BCUT2D eigenvalue weighted by Gasteiger charge is -2.17. The molecule has 1 aliphatic heterocycles. The van der Waals surface area contributed by atoms with E-state index in [1.54, 1.807) is 12.1 Å². The SMILES string of the molecule is CC(C)c1cc(C(=O)Nc2ccon2)nc(N2CCCC2)n1. The van der Waals surface area contributed by atoms with E-state index in [4.69, 9.17) is 4.52 Å². The van der Waals surface area contributed by atoms with Crippen molar-refractivity contribution in [1.82, 2.24) is 15.1 Å². The van der Waals surface area contributed by atoms with Crippen LogP contribution in [0.4, 0.5) is 11.8 Å². The minimum Gasteiger partial charge on any atom is -0.363 e. The number of amides is 1. The Kier molecular flexibility index (Phi) is 4.04. The van der Waals surface area contributed by atoms with Crippen molar-refractivity contribution in [1.29, 1.82) is 0 Å². The summed E-state index contributed by atoms with van der Waals surface area (Å²) in [4.78, 5) is 23.5. The van der Waals surface area contributed by atoms with Crippen molar-refractivity contribution in [2.75, 3.05) is 23.3 Å². The number of nitrogens with zero attached hydrogens (tertiary/aromatic N) is 4. The van der Waals surface area contributed by atoms with E-state index in [0.29, 0.717) is 17.5 Å². The largest absolute Gasteiger partial charge is 0.363 e. The Bertz CT molecular complexity index is 648. The van der Waals surface area contributed by atoms with Crippen molar-refractivity contribution in [3.63, 3.8) is 0 Å². The second-order valence-corrected chi connectivity index (χ2v) is 5.67. The molecule has 0 aromatic carbocycles. The Labute approximate surface area is 128 Å². The van der Waals surface area contributed by atoms with Gasteiger partial charge in [0.15, 0.2) is 5.82 Å². The van der Waals surface area contributed by atoms with Gasteiger partial charge in [-0.05, 0) is 24.8 Å². The molecule has 22 heavy (non-hydrogen) atoms. The highest BCUT2D eigenvalue weighted by molar-refractivity contribution is 6.02. The van der Waals surface area contributed by atoms with E-state index in [9.17, 15) is 4.79 Å². The molecular formula is C15H19N5O2. The highest BCUT2D eigenvalue weighted by atomic mass is 16.5. The second kappa shape index (κ2) is 6.13. The summed E-state index contributed by atoms with van der Waals surface area (Å²) in [5.74, 6) is 0.924. The van der Waals surface area contributed by atoms with Crippen LogP contribution in [0.5, 0.6) is 0 Å². The molecule has 0 atom stereocenters. The van der Waals surface area contributed by atoms with Gasteiger partial charge in [-0.25, -0.2) is 9.97 Å². The molecule has 0 spiro atoms. The first-order valence-electron chi connectivity index (χ1n) is 7.49. The smallest absolute Gasteiger partial charge is 0.275 e. The Morgan fingerprint density at radius 3 is 2.73 bits per heavy atom. The fourth-order valence-corrected chi connectivity index (χ4v) is 2.38. The van der Waals surface area contributed by atoms with Gasteiger partial charge in [0.1, 0.15) is 12.0 Å². The first kappa shape index (κ1) is 14.5. The summed E-state index contributed by atoms with van der Waals surface area (Å²) in [7, 11) is 0. The highest BCUT2D eigenvalue weighted by Crippen LogP contribution is 2.21. The molecular weight excluding hydrogens is 282 g/mol. The number of hydrogen-bond acceptors (Lipinski definition) is 6. The zero-order valence-electron chi connectivity index (χ0n) is 12.7. The van der Waals surface area contributed by atoms with Gasteiger partial charge in [-0.1, -0.05) is 19.0 Å². The summed E-state index contributed by atoms with van der Waals surface area (Å²) >= 11 is 0. The minimum absolute atomic E-state index is 0.225. The summed E-state index contributed by atoms with van der Waals surface area (Å²) in [5, 5.41) is 6.35. The maximum Gasteiger partial charge on any atom is 0.275 e. The molecule has 7 heteroatoms. The minimum atomic E-state index is -0.307. The summed E-state index contributed by atoms with van der Waals surface area (Å²) in [5.41, 5.74) is 1.21.